The highest BCUT2D eigenvalue weighted by molar-refractivity contribution is 5.90. The average Bonchev–Trinajstić information content (AvgIpc) is 2.41. The summed E-state index contributed by atoms with van der Waals surface area (Å²) in [5.41, 5.74) is 1.73. The van der Waals surface area contributed by atoms with Gasteiger partial charge in [0.15, 0.2) is 0 Å². The molecule has 2 heterocycles. The largest absolute Gasteiger partial charge is 0.477 e. The van der Waals surface area contributed by atoms with Gasteiger partial charge in [0.05, 0.1) is 5.69 Å². The number of carboxylic acid groups (broad SMARTS) is 1. The summed E-state index contributed by atoms with van der Waals surface area (Å²) in [4.78, 5) is 19.2. The van der Waals surface area contributed by atoms with Crippen LogP contribution in [0.15, 0.2) is 30.6 Å². The average molecular weight is 258 g/mol. The van der Waals surface area contributed by atoms with Gasteiger partial charge < -0.3 is 9.84 Å². The van der Waals surface area contributed by atoms with Crippen molar-refractivity contribution in [3.8, 4) is 11.5 Å². The Bertz CT molecular complexity index is 611. The van der Waals surface area contributed by atoms with Crippen LogP contribution in [-0.4, -0.2) is 21.0 Å². The van der Waals surface area contributed by atoms with Crippen LogP contribution in [-0.2, 0) is 6.42 Å². The van der Waals surface area contributed by atoms with Gasteiger partial charge in [-0.05, 0) is 25.5 Å². The number of ether oxygens (including phenoxy) is 1. The number of pyridine rings is 2. The maximum absolute atomic E-state index is 11.1. The Morgan fingerprint density at radius 3 is 2.79 bits per heavy atom. The zero-order valence-electron chi connectivity index (χ0n) is 10.8. The number of hydrogen-bond acceptors (Lipinski definition) is 4. The molecule has 0 radical (unpaired) electrons. The Morgan fingerprint density at radius 2 is 2.11 bits per heavy atom. The third kappa shape index (κ3) is 2.88. The molecule has 0 aromatic carbocycles. The monoisotopic (exact) mass is 258 g/mol. The molecule has 19 heavy (non-hydrogen) atoms. The van der Waals surface area contributed by atoms with Crippen molar-refractivity contribution in [2.45, 2.75) is 20.3 Å². The first-order valence-electron chi connectivity index (χ1n) is 5.93. The van der Waals surface area contributed by atoms with E-state index in [4.69, 9.17) is 9.84 Å². The second-order valence-corrected chi connectivity index (χ2v) is 4.03. The number of carboxylic acids is 1. The smallest absolute Gasteiger partial charge is 0.341 e. The number of nitrogens with zero attached hydrogens (tertiary/aromatic N) is 2. The highest BCUT2D eigenvalue weighted by Crippen LogP contribution is 2.27. The van der Waals surface area contributed by atoms with Crippen LogP contribution in [0.1, 0.15) is 28.7 Å². The minimum absolute atomic E-state index is 0.0325. The van der Waals surface area contributed by atoms with Gasteiger partial charge in [-0.15, -0.1) is 0 Å². The minimum Gasteiger partial charge on any atom is -0.477 e. The quantitative estimate of drug-likeness (QED) is 0.912. The van der Waals surface area contributed by atoms with E-state index in [9.17, 15) is 4.79 Å². The summed E-state index contributed by atoms with van der Waals surface area (Å²) in [6.07, 6.45) is 3.48. The number of aromatic nitrogens is 2. The van der Waals surface area contributed by atoms with E-state index in [1.165, 1.54) is 18.5 Å². The summed E-state index contributed by atoms with van der Waals surface area (Å²) in [6, 6.07) is 5.16. The lowest BCUT2D eigenvalue weighted by atomic mass is 10.2. The van der Waals surface area contributed by atoms with Crippen molar-refractivity contribution in [1.29, 1.82) is 0 Å². The summed E-state index contributed by atoms with van der Waals surface area (Å²) in [6.45, 7) is 3.87. The number of rotatable bonds is 4. The molecule has 2 rings (SSSR count). The fraction of sp³-hybridized carbons (Fsp3) is 0.214. The van der Waals surface area contributed by atoms with Crippen molar-refractivity contribution in [3.63, 3.8) is 0 Å². The summed E-state index contributed by atoms with van der Waals surface area (Å²) in [5.74, 6) is -0.231. The number of aryl methyl sites for hydroxylation is 2. The molecule has 0 aliphatic heterocycles. The standard InChI is InChI=1S/C14H14N2O3/c1-3-11-13(5-4-9(2)16-11)19-12-6-7-15-8-10(12)14(17)18/h4-8H,3H2,1-2H3,(H,17,18). The predicted octanol–water partition coefficient (Wildman–Crippen LogP) is 2.84. The second kappa shape index (κ2) is 5.48. The Labute approximate surface area is 110 Å². The molecule has 2 aromatic rings. The van der Waals surface area contributed by atoms with Gasteiger partial charge in [0, 0.05) is 24.2 Å². The van der Waals surface area contributed by atoms with Gasteiger partial charge in [0.1, 0.15) is 17.1 Å². The summed E-state index contributed by atoms with van der Waals surface area (Å²) >= 11 is 0. The molecule has 0 unspecified atom stereocenters. The van der Waals surface area contributed by atoms with Crippen molar-refractivity contribution >= 4 is 5.97 Å². The third-order valence-electron chi connectivity index (χ3n) is 2.64. The molecule has 0 aliphatic carbocycles. The summed E-state index contributed by atoms with van der Waals surface area (Å²) in [5, 5.41) is 9.08. The zero-order chi connectivity index (χ0) is 13.8. The van der Waals surface area contributed by atoms with E-state index in [0.717, 1.165) is 11.4 Å². The van der Waals surface area contributed by atoms with Gasteiger partial charge in [-0.2, -0.15) is 0 Å². The van der Waals surface area contributed by atoms with Crippen molar-refractivity contribution in [3.05, 3.63) is 47.5 Å². The molecule has 0 saturated carbocycles. The molecule has 0 amide bonds. The van der Waals surface area contributed by atoms with Gasteiger partial charge in [-0.25, -0.2) is 4.79 Å². The van der Waals surface area contributed by atoms with E-state index in [-0.39, 0.29) is 11.3 Å². The van der Waals surface area contributed by atoms with Crippen LogP contribution in [0, 0.1) is 6.92 Å². The molecule has 5 nitrogen and oxygen atoms in total. The lowest BCUT2D eigenvalue weighted by molar-refractivity contribution is 0.0693. The van der Waals surface area contributed by atoms with Gasteiger partial charge >= 0.3 is 5.97 Å². The van der Waals surface area contributed by atoms with Gasteiger partial charge in [0.25, 0.3) is 0 Å². The molecule has 0 saturated heterocycles. The fourth-order valence-electron chi connectivity index (χ4n) is 1.69. The number of aromatic carboxylic acids is 1. The lowest BCUT2D eigenvalue weighted by Gasteiger charge is -2.11. The summed E-state index contributed by atoms with van der Waals surface area (Å²) < 4.78 is 5.66. The maximum Gasteiger partial charge on any atom is 0.341 e. The predicted molar refractivity (Wildman–Crippen MR) is 69.6 cm³/mol. The van der Waals surface area contributed by atoms with Crippen LogP contribution >= 0.6 is 0 Å². The van der Waals surface area contributed by atoms with Gasteiger partial charge in [-0.3, -0.25) is 9.97 Å². The molecule has 0 fully saturated rings. The van der Waals surface area contributed by atoms with E-state index < -0.39 is 5.97 Å². The highest BCUT2D eigenvalue weighted by Gasteiger charge is 2.13. The second-order valence-electron chi connectivity index (χ2n) is 4.03. The fourth-order valence-corrected chi connectivity index (χ4v) is 1.69. The first-order valence-corrected chi connectivity index (χ1v) is 5.93. The van der Waals surface area contributed by atoms with Crippen LogP contribution in [0.25, 0.3) is 0 Å². The zero-order valence-corrected chi connectivity index (χ0v) is 10.8. The molecule has 0 aliphatic rings. The van der Waals surface area contributed by atoms with E-state index in [2.05, 4.69) is 9.97 Å². The van der Waals surface area contributed by atoms with E-state index in [0.29, 0.717) is 12.2 Å². The normalized spacial score (nSPS) is 10.2. The van der Waals surface area contributed by atoms with Crippen LogP contribution in [0.5, 0.6) is 11.5 Å². The molecule has 0 bridgehead atoms. The molecule has 0 atom stereocenters. The first kappa shape index (κ1) is 13.0. The lowest BCUT2D eigenvalue weighted by Crippen LogP contribution is -2.02. The van der Waals surface area contributed by atoms with Crippen molar-refractivity contribution in [2.75, 3.05) is 0 Å². The first-order chi connectivity index (χ1) is 9.11. The van der Waals surface area contributed by atoms with E-state index in [1.54, 1.807) is 6.07 Å². The molecule has 5 heteroatoms. The van der Waals surface area contributed by atoms with Crippen molar-refractivity contribution < 1.29 is 14.6 Å². The number of hydrogen-bond donors (Lipinski definition) is 1. The highest BCUT2D eigenvalue weighted by atomic mass is 16.5. The molecule has 98 valence electrons. The molecular weight excluding hydrogens is 244 g/mol. The number of carbonyl (C=O) groups is 1. The topological polar surface area (TPSA) is 72.3 Å². The molecule has 0 spiro atoms. The van der Waals surface area contributed by atoms with E-state index >= 15 is 0 Å². The molecule has 2 aromatic heterocycles. The van der Waals surface area contributed by atoms with E-state index in [1.807, 2.05) is 19.9 Å². The van der Waals surface area contributed by atoms with Crippen molar-refractivity contribution in [1.82, 2.24) is 9.97 Å². The molecular formula is C14H14N2O3. The van der Waals surface area contributed by atoms with Crippen LogP contribution in [0.3, 0.4) is 0 Å². The Morgan fingerprint density at radius 1 is 1.32 bits per heavy atom. The van der Waals surface area contributed by atoms with Crippen LogP contribution in [0.4, 0.5) is 0 Å². The molecule has 1 N–H and O–H groups in total. The van der Waals surface area contributed by atoms with Crippen molar-refractivity contribution in [2.24, 2.45) is 0 Å². The Hall–Kier alpha value is -2.43. The third-order valence-corrected chi connectivity index (χ3v) is 2.64. The van der Waals surface area contributed by atoms with Gasteiger partial charge in [0.2, 0.25) is 0 Å². The Balaban J connectivity index is 2.39. The Kier molecular flexibility index (Phi) is 3.75. The van der Waals surface area contributed by atoms with Gasteiger partial charge in [-0.1, -0.05) is 6.92 Å². The summed E-state index contributed by atoms with van der Waals surface area (Å²) in [7, 11) is 0. The van der Waals surface area contributed by atoms with Crippen LogP contribution < -0.4 is 4.74 Å². The SMILES string of the molecule is CCc1nc(C)ccc1Oc1ccncc1C(=O)O. The van der Waals surface area contributed by atoms with Crippen LogP contribution in [0.2, 0.25) is 0 Å². The minimum atomic E-state index is -1.07. The maximum atomic E-state index is 11.1.